The van der Waals surface area contributed by atoms with E-state index in [-0.39, 0.29) is 0 Å². The molecule has 0 saturated carbocycles. The molecule has 0 aliphatic carbocycles. The zero-order valence-electron chi connectivity index (χ0n) is 11.1. The van der Waals surface area contributed by atoms with Crippen molar-refractivity contribution in [3.05, 3.63) is 34.3 Å². The summed E-state index contributed by atoms with van der Waals surface area (Å²) in [4.78, 5) is 13.3. The molecular formula is C14H20ClNO2. The molecule has 0 heterocycles. The number of rotatable bonds is 6. The fraction of sp³-hybridized carbons (Fsp3) is 0.500. The van der Waals surface area contributed by atoms with Crippen LogP contribution in [0.5, 0.6) is 0 Å². The van der Waals surface area contributed by atoms with Crippen LogP contribution in [0, 0.1) is 6.92 Å². The molecule has 0 aromatic heterocycles. The molecule has 100 valence electrons. The van der Waals surface area contributed by atoms with Crippen LogP contribution in [0.15, 0.2) is 18.2 Å². The normalized spacial score (nSPS) is 12.7. The number of likely N-dealkylation sites (N-methyl/N-ethyl adjacent to an activating group) is 1. The van der Waals surface area contributed by atoms with E-state index in [1.807, 2.05) is 43.9 Å². The summed E-state index contributed by atoms with van der Waals surface area (Å²) in [6.07, 6.45) is 0.483. The highest BCUT2D eigenvalue weighted by Gasteiger charge is 2.23. The summed E-state index contributed by atoms with van der Waals surface area (Å²) in [7, 11) is 0. The van der Waals surface area contributed by atoms with E-state index in [1.165, 1.54) is 0 Å². The van der Waals surface area contributed by atoms with Gasteiger partial charge in [0, 0.05) is 5.02 Å². The molecule has 1 aromatic carbocycles. The maximum atomic E-state index is 11.3. The minimum Gasteiger partial charge on any atom is -0.480 e. The van der Waals surface area contributed by atoms with Gasteiger partial charge in [0.1, 0.15) is 6.04 Å². The Morgan fingerprint density at radius 1 is 1.39 bits per heavy atom. The van der Waals surface area contributed by atoms with Crippen molar-refractivity contribution in [1.29, 1.82) is 0 Å². The Hall–Kier alpha value is -1.06. The first-order valence-corrected chi connectivity index (χ1v) is 6.59. The zero-order valence-corrected chi connectivity index (χ0v) is 11.9. The lowest BCUT2D eigenvalue weighted by molar-refractivity contribution is -0.143. The molecule has 1 aromatic rings. The second-order valence-corrected chi connectivity index (χ2v) is 4.77. The van der Waals surface area contributed by atoms with E-state index in [1.54, 1.807) is 0 Å². The van der Waals surface area contributed by atoms with Crippen LogP contribution in [-0.4, -0.2) is 35.1 Å². The van der Waals surface area contributed by atoms with Gasteiger partial charge in [-0.3, -0.25) is 9.69 Å². The number of hydrogen-bond donors (Lipinski definition) is 1. The van der Waals surface area contributed by atoms with Crippen LogP contribution in [0.1, 0.15) is 25.0 Å². The molecule has 18 heavy (non-hydrogen) atoms. The van der Waals surface area contributed by atoms with E-state index < -0.39 is 12.0 Å². The lowest BCUT2D eigenvalue weighted by Gasteiger charge is -2.26. The maximum Gasteiger partial charge on any atom is 0.321 e. The highest BCUT2D eigenvalue weighted by atomic mass is 35.5. The Bertz CT molecular complexity index is 416. The molecule has 0 amide bonds. The van der Waals surface area contributed by atoms with Crippen molar-refractivity contribution in [3.63, 3.8) is 0 Å². The number of carbonyl (C=O) groups is 1. The number of hydrogen-bond acceptors (Lipinski definition) is 2. The summed E-state index contributed by atoms with van der Waals surface area (Å²) < 4.78 is 0. The summed E-state index contributed by atoms with van der Waals surface area (Å²) in [6.45, 7) is 7.34. The number of benzene rings is 1. The highest BCUT2D eigenvalue weighted by Crippen LogP contribution is 2.19. The third kappa shape index (κ3) is 3.72. The fourth-order valence-corrected chi connectivity index (χ4v) is 2.23. The van der Waals surface area contributed by atoms with Crippen molar-refractivity contribution in [3.8, 4) is 0 Å². The van der Waals surface area contributed by atoms with Crippen LogP contribution in [0.4, 0.5) is 0 Å². The summed E-state index contributed by atoms with van der Waals surface area (Å²) in [5.74, 6) is -0.782. The number of carboxylic acids is 1. The molecule has 0 bridgehead atoms. The Morgan fingerprint density at radius 3 is 2.44 bits per heavy atom. The van der Waals surface area contributed by atoms with Crippen LogP contribution >= 0.6 is 11.6 Å². The van der Waals surface area contributed by atoms with Crippen LogP contribution in [-0.2, 0) is 11.2 Å². The van der Waals surface area contributed by atoms with Crippen molar-refractivity contribution >= 4 is 17.6 Å². The Morgan fingerprint density at radius 2 is 2.00 bits per heavy atom. The van der Waals surface area contributed by atoms with Crippen LogP contribution in [0.25, 0.3) is 0 Å². The topological polar surface area (TPSA) is 40.5 Å². The van der Waals surface area contributed by atoms with Crippen molar-refractivity contribution in [2.24, 2.45) is 0 Å². The van der Waals surface area contributed by atoms with Crippen LogP contribution < -0.4 is 0 Å². The van der Waals surface area contributed by atoms with Crippen molar-refractivity contribution in [2.45, 2.75) is 33.2 Å². The molecule has 4 heteroatoms. The smallest absolute Gasteiger partial charge is 0.321 e. The summed E-state index contributed by atoms with van der Waals surface area (Å²) in [5.41, 5.74) is 1.97. The average molecular weight is 270 g/mol. The van der Waals surface area contributed by atoms with Crippen molar-refractivity contribution in [1.82, 2.24) is 4.90 Å². The Balaban J connectivity index is 2.89. The van der Waals surface area contributed by atoms with E-state index in [0.717, 1.165) is 24.2 Å². The van der Waals surface area contributed by atoms with Gasteiger partial charge in [-0.1, -0.05) is 37.6 Å². The molecule has 0 spiro atoms. The third-order valence-electron chi connectivity index (χ3n) is 3.20. The van der Waals surface area contributed by atoms with Gasteiger partial charge in [0.25, 0.3) is 0 Å². The van der Waals surface area contributed by atoms with Gasteiger partial charge in [0.2, 0.25) is 0 Å². The van der Waals surface area contributed by atoms with Gasteiger partial charge in [0.15, 0.2) is 0 Å². The number of aryl methyl sites for hydroxylation is 1. The average Bonchev–Trinajstić information content (AvgIpc) is 2.33. The van der Waals surface area contributed by atoms with Gasteiger partial charge in [-0.15, -0.1) is 0 Å². The standard InChI is InChI=1S/C14H20ClNO2/c1-4-16(5-2)13(14(17)18)9-11-7-6-10(3)12(15)8-11/h6-8,13H,4-5,9H2,1-3H3,(H,17,18)/t13-/m0/s1. The molecular weight excluding hydrogens is 250 g/mol. The minimum absolute atomic E-state index is 0.483. The lowest BCUT2D eigenvalue weighted by atomic mass is 10.0. The van der Waals surface area contributed by atoms with E-state index >= 15 is 0 Å². The molecule has 0 unspecified atom stereocenters. The van der Waals surface area contributed by atoms with Gasteiger partial charge < -0.3 is 5.11 Å². The molecule has 1 N–H and O–H groups in total. The lowest BCUT2D eigenvalue weighted by Crippen LogP contribution is -2.42. The summed E-state index contributed by atoms with van der Waals surface area (Å²) >= 11 is 6.06. The predicted molar refractivity (Wildman–Crippen MR) is 74.2 cm³/mol. The molecule has 0 radical (unpaired) electrons. The van der Waals surface area contributed by atoms with Crippen molar-refractivity contribution in [2.75, 3.05) is 13.1 Å². The second kappa shape index (κ2) is 6.76. The van der Waals surface area contributed by atoms with Crippen LogP contribution in [0.2, 0.25) is 5.02 Å². The number of halogens is 1. The Labute approximate surface area is 113 Å². The van der Waals surface area contributed by atoms with E-state index in [0.29, 0.717) is 11.4 Å². The fourth-order valence-electron chi connectivity index (χ4n) is 2.02. The van der Waals surface area contributed by atoms with E-state index in [4.69, 9.17) is 11.6 Å². The predicted octanol–water partition coefficient (Wildman–Crippen LogP) is 2.99. The molecule has 0 aliphatic rings. The van der Waals surface area contributed by atoms with Crippen molar-refractivity contribution < 1.29 is 9.90 Å². The SMILES string of the molecule is CCN(CC)[C@@H](Cc1ccc(C)c(Cl)c1)C(=O)O. The molecule has 3 nitrogen and oxygen atoms in total. The molecule has 0 aliphatic heterocycles. The van der Waals surface area contributed by atoms with Crippen LogP contribution in [0.3, 0.4) is 0 Å². The van der Waals surface area contributed by atoms with Gasteiger partial charge >= 0.3 is 5.97 Å². The second-order valence-electron chi connectivity index (χ2n) is 4.36. The largest absolute Gasteiger partial charge is 0.480 e. The van der Waals surface area contributed by atoms with Gasteiger partial charge in [-0.05, 0) is 43.6 Å². The van der Waals surface area contributed by atoms with Gasteiger partial charge in [-0.2, -0.15) is 0 Å². The first-order valence-electron chi connectivity index (χ1n) is 6.21. The monoisotopic (exact) mass is 269 g/mol. The zero-order chi connectivity index (χ0) is 13.7. The van der Waals surface area contributed by atoms with Gasteiger partial charge in [-0.25, -0.2) is 0 Å². The third-order valence-corrected chi connectivity index (χ3v) is 3.61. The molecule has 1 rings (SSSR count). The maximum absolute atomic E-state index is 11.3. The summed E-state index contributed by atoms with van der Waals surface area (Å²) in [6, 6.07) is 5.24. The van der Waals surface area contributed by atoms with E-state index in [2.05, 4.69) is 0 Å². The van der Waals surface area contributed by atoms with E-state index in [9.17, 15) is 9.90 Å². The quantitative estimate of drug-likeness (QED) is 0.863. The molecule has 1 atom stereocenters. The first-order chi connectivity index (χ1) is 8.49. The first kappa shape index (κ1) is 15.0. The molecule has 0 saturated heterocycles. The molecule has 0 fully saturated rings. The minimum atomic E-state index is -0.782. The Kier molecular flexibility index (Phi) is 5.63. The number of carboxylic acid groups (broad SMARTS) is 1. The van der Waals surface area contributed by atoms with Gasteiger partial charge in [0.05, 0.1) is 0 Å². The number of nitrogens with zero attached hydrogens (tertiary/aromatic N) is 1. The summed E-state index contributed by atoms with van der Waals surface area (Å²) in [5, 5.41) is 10.0. The highest BCUT2D eigenvalue weighted by molar-refractivity contribution is 6.31. The number of aliphatic carboxylic acids is 1.